The Morgan fingerprint density at radius 2 is 2.00 bits per heavy atom. The van der Waals surface area contributed by atoms with Gasteiger partial charge in [-0.3, -0.25) is 4.39 Å². The van der Waals surface area contributed by atoms with Gasteiger partial charge in [0.1, 0.15) is 0 Å². The topological polar surface area (TPSA) is 0 Å². The molecule has 0 aromatic heterocycles. The summed E-state index contributed by atoms with van der Waals surface area (Å²) >= 11 is 0. The molecular weight excluding hydrogens is 151 g/mol. The molecular formula is C11H12F-. The van der Waals surface area contributed by atoms with Crippen molar-refractivity contribution in [3.8, 4) is 0 Å². The quantitative estimate of drug-likeness (QED) is 0.588. The van der Waals surface area contributed by atoms with E-state index in [9.17, 15) is 4.39 Å². The molecule has 0 amide bonds. The largest absolute Gasteiger partial charge is 0.257 e. The van der Waals surface area contributed by atoms with Gasteiger partial charge in [-0.05, 0) is 12.8 Å². The van der Waals surface area contributed by atoms with Gasteiger partial charge in [-0.15, -0.1) is 18.1 Å². The molecule has 0 saturated heterocycles. The summed E-state index contributed by atoms with van der Waals surface area (Å²) in [4.78, 5) is 0. The van der Waals surface area contributed by atoms with Gasteiger partial charge in [0.25, 0.3) is 0 Å². The molecule has 1 aliphatic rings. The fourth-order valence-corrected chi connectivity index (χ4v) is 1.39. The average Bonchev–Trinajstić information content (AvgIpc) is 2.83. The summed E-state index contributed by atoms with van der Waals surface area (Å²) in [6, 6.07) is 8.20. The summed E-state index contributed by atoms with van der Waals surface area (Å²) in [6.45, 7) is 2.12. The van der Waals surface area contributed by atoms with Crippen LogP contribution in [0.25, 0.3) is 0 Å². The number of hydrogen-bond donors (Lipinski definition) is 0. The first-order chi connectivity index (χ1) is 5.81. The molecule has 1 atom stereocenters. The standard InChI is InChI=1S/C11H12F/c1-2-8-3-5-9(6-4-8)10-7-11(10)12/h3-6,11H,2,7H2,1H3/q-1. The second kappa shape index (κ2) is 2.81. The third-order valence-electron chi connectivity index (χ3n) is 2.35. The fourth-order valence-electron chi connectivity index (χ4n) is 1.39. The Hall–Kier alpha value is -0.980. The zero-order valence-corrected chi connectivity index (χ0v) is 7.18. The second-order valence-electron chi connectivity index (χ2n) is 3.25. The van der Waals surface area contributed by atoms with E-state index in [0.717, 1.165) is 17.9 Å². The monoisotopic (exact) mass is 163 g/mol. The maximum absolute atomic E-state index is 12.6. The predicted octanol–water partition coefficient (Wildman–Crippen LogP) is 2.91. The van der Waals surface area contributed by atoms with E-state index in [1.165, 1.54) is 5.56 Å². The van der Waals surface area contributed by atoms with Crippen molar-refractivity contribution < 1.29 is 4.39 Å². The zero-order chi connectivity index (χ0) is 8.55. The van der Waals surface area contributed by atoms with E-state index < -0.39 is 6.17 Å². The fraction of sp³-hybridized carbons (Fsp3) is 0.364. The Bertz CT molecular complexity index is 263. The van der Waals surface area contributed by atoms with Crippen LogP contribution < -0.4 is 0 Å². The van der Waals surface area contributed by atoms with Crippen molar-refractivity contribution in [1.29, 1.82) is 0 Å². The zero-order valence-electron chi connectivity index (χ0n) is 7.18. The van der Waals surface area contributed by atoms with Crippen LogP contribution in [-0.2, 0) is 6.42 Å². The van der Waals surface area contributed by atoms with Gasteiger partial charge in [0, 0.05) is 0 Å². The van der Waals surface area contributed by atoms with Crippen LogP contribution in [0.15, 0.2) is 24.3 Å². The molecule has 1 unspecified atom stereocenters. The Labute approximate surface area is 72.4 Å². The molecule has 0 spiro atoms. The van der Waals surface area contributed by atoms with Gasteiger partial charge in [-0.2, -0.15) is 17.7 Å². The lowest BCUT2D eigenvalue weighted by molar-refractivity contribution is 0.488. The summed E-state index contributed by atoms with van der Waals surface area (Å²) in [5.74, 6) is 0.970. The van der Waals surface area contributed by atoms with Crippen LogP contribution in [0.1, 0.15) is 24.5 Å². The van der Waals surface area contributed by atoms with Crippen LogP contribution in [0.3, 0.4) is 0 Å². The van der Waals surface area contributed by atoms with Gasteiger partial charge in [-0.25, -0.2) is 0 Å². The van der Waals surface area contributed by atoms with Crippen molar-refractivity contribution in [3.63, 3.8) is 0 Å². The van der Waals surface area contributed by atoms with Crippen molar-refractivity contribution in [2.24, 2.45) is 0 Å². The van der Waals surface area contributed by atoms with E-state index in [1.807, 2.05) is 12.1 Å². The van der Waals surface area contributed by atoms with Crippen LogP contribution in [0.4, 0.5) is 4.39 Å². The van der Waals surface area contributed by atoms with Gasteiger partial charge in [-0.1, -0.05) is 12.5 Å². The predicted molar refractivity (Wildman–Crippen MR) is 47.7 cm³/mol. The number of halogens is 1. The van der Waals surface area contributed by atoms with Gasteiger partial charge >= 0.3 is 0 Å². The van der Waals surface area contributed by atoms with Crippen LogP contribution in [0, 0.1) is 5.92 Å². The van der Waals surface area contributed by atoms with Gasteiger partial charge in [0.15, 0.2) is 0 Å². The Morgan fingerprint density at radius 3 is 2.42 bits per heavy atom. The first-order valence-corrected chi connectivity index (χ1v) is 4.40. The van der Waals surface area contributed by atoms with Crippen molar-refractivity contribution in [1.82, 2.24) is 0 Å². The SMILES string of the molecule is CCc1ccc([C-]2CC2F)cc1. The molecule has 1 saturated carbocycles. The van der Waals surface area contributed by atoms with Crippen LogP contribution >= 0.6 is 0 Å². The van der Waals surface area contributed by atoms with Crippen LogP contribution in [-0.4, -0.2) is 6.17 Å². The molecule has 12 heavy (non-hydrogen) atoms. The van der Waals surface area contributed by atoms with E-state index in [-0.39, 0.29) is 0 Å². The molecule has 64 valence electrons. The lowest BCUT2D eigenvalue weighted by Gasteiger charge is -2.08. The highest BCUT2D eigenvalue weighted by atomic mass is 19.1. The second-order valence-corrected chi connectivity index (χ2v) is 3.25. The van der Waals surface area contributed by atoms with E-state index >= 15 is 0 Å². The summed E-state index contributed by atoms with van der Waals surface area (Å²) in [7, 11) is 0. The number of alkyl halides is 1. The number of benzene rings is 1. The number of aryl methyl sites for hydroxylation is 1. The Kier molecular flexibility index (Phi) is 1.80. The molecule has 0 N–H and O–H groups in total. The van der Waals surface area contributed by atoms with E-state index in [0.29, 0.717) is 6.42 Å². The van der Waals surface area contributed by atoms with Gasteiger partial charge in [0.2, 0.25) is 0 Å². The van der Waals surface area contributed by atoms with Crippen LogP contribution in [0.2, 0.25) is 0 Å². The average molecular weight is 163 g/mol. The third-order valence-corrected chi connectivity index (χ3v) is 2.35. The molecule has 1 heteroatoms. The molecule has 1 fully saturated rings. The molecule has 0 heterocycles. The maximum atomic E-state index is 12.6. The highest BCUT2D eigenvalue weighted by molar-refractivity contribution is 5.42. The smallest absolute Gasteiger partial charge is 0.0721 e. The highest BCUT2D eigenvalue weighted by Crippen LogP contribution is 2.42. The molecule has 0 aliphatic heterocycles. The van der Waals surface area contributed by atoms with Crippen molar-refractivity contribution in [3.05, 3.63) is 41.3 Å². The normalized spacial score (nSPS) is 21.2. The summed E-state index contributed by atoms with van der Waals surface area (Å²) in [5.41, 5.74) is 2.40. The molecule has 0 nitrogen and oxygen atoms in total. The van der Waals surface area contributed by atoms with E-state index in [4.69, 9.17) is 0 Å². The molecule has 1 aliphatic carbocycles. The number of hydrogen-bond acceptors (Lipinski definition) is 0. The first-order valence-electron chi connectivity index (χ1n) is 4.40. The number of rotatable bonds is 2. The molecule has 1 aromatic carbocycles. The molecule has 2 rings (SSSR count). The minimum Gasteiger partial charge on any atom is -0.257 e. The Balaban J connectivity index is 2.14. The molecule has 1 aromatic rings. The van der Waals surface area contributed by atoms with Crippen molar-refractivity contribution in [2.45, 2.75) is 25.9 Å². The highest BCUT2D eigenvalue weighted by Gasteiger charge is 2.30. The lowest BCUT2D eigenvalue weighted by atomic mass is 10.1. The molecule has 0 bridgehead atoms. The molecule has 0 radical (unpaired) electrons. The van der Waals surface area contributed by atoms with Gasteiger partial charge < -0.3 is 0 Å². The maximum Gasteiger partial charge on any atom is 0.0721 e. The summed E-state index contributed by atoms with van der Waals surface area (Å²) in [6.07, 6.45) is 1.04. The van der Waals surface area contributed by atoms with Crippen molar-refractivity contribution in [2.75, 3.05) is 0 Å². The van der Waals surface area contributed by atoms with Gasteiger partial charge in [0.05, 0.1) is 6.17 Å². The minimum absolute atomic E-state index is 0.644. The van der Waals surface area contributed by atoms with E-state index in [2.05, 4.69) is 19.1 Å². The van der Waals surface area contributed by atoms with Crippen LogP contribution in [0.5, 0.6) is 0 Å². The Morgan fingerprint density at radius 1 is 1.42 bits per heavy atom. The summed E-state index contributed by atoms with van der Waals surface area (Å²) in [5, 5.41) is 0. The summed E-state index contributed by atoms with van der Waals surface area (Å²) < 4.78 is 12.6. The van der Waals surface area contributed by atoms with E-state index in [1.54, 1.807) is 0 Å². The lowest BCUT2D eigenvalue weighted by Crippen LogP contribution is -1.85. The van der Waals surface area contributed by atoms with Crippen molar-refractivity contribution >= 4 is 0 Å². The minimum atomic E-state index is -0.655. The third kappa shape index (κ3) is 1.31. The first kappa shape index (κ1) is 7.66.